The van der Waals surface area contributed by atoms with Crippen molar-refractivity contribution in [2.45, 2.75) is 6.54 Å². The van der Waals surface area contributed by atoms with Gasteiger partial charge in [-0.1, -0.05) is 29.4 Å². The van der Waals surface area contributed by atoms with Crippen molar-refractivity contribution in [1.82, 2.24) is 20.4 Å². The van der Waals surface area contributed by atoms with Crippen LogP contribution in [0.5, 0.6) is 0 Å². The van der Waals surface area contributed by atoms with E-state index in [-0.39, 0.29) is 18.3 Å². The topological polar surface area (TPSA) is 83.8 Å². The van der Waals surface area contributed by atoms with Crippen molar-refractivity contribution in [3.05, 3.63) is 72.0 Å². The Kier molecular flexibility index (Phi) is 3.74. The first-order valence-corrected chi connectivity index (χ1v) is 7.63. The quantitative estimate of drug-likeness (QED) is 0.599. The summed E-state index contributed by atoms with van der Waals surface area (Å²) in [5.41, 5.74) is 2.50. The molecule has 0 saturated carbocycles. The van der Waals surface area contributed by atoms with E-state index in [1.165, 1.54) is 12.1 Å². The summed E-state index contributed by atoms with van der Waals surface area (Å²) in [4.78, 5) is 19.4. The van der Waals surface area contributed by atoms with Gasteiger partial charge in [0.2, 0.25) is 5.82 Å². The largest absolute Gasteiger partial charge is 0.361 e. The van der Waals surface area contributed by atoms with Crippen LogP contribution >= 0.6 is 0 Å². The highest BCUT2D eigenvalue weighted by atomic mass is 19.1. The van der Waals surface area contributed by atoms with Crippen molar-refractivity contribution >= 4 is 16.8 Å². The molecule has 0 unspecified atom stereocenters. The Bertz CT molecular complexity index is 1040. The molecule has 0 atom stereocenters. The Morgan fingerprint density at radius 3 is 2.84 bits per heavy atom. The number of amides is 1. The van der Waals surface area contributed by atoms with Gasteiger partial charge in [0.05, 0.1) is 0 Å². The number of hydrogen-bond donors (Lipinski definition) is 2. The Labute approximate surface area is 141 Å². The number of carbonyl (C=O) groups is 1. The van der Waals surface area contributed by atoms with E-state index in [1.54, 1.807) is 12.1 Å². The van der Waals surface area contributed by atoms with Gasteiger partial charge in [0.15, 0.2) is 0 Å². The molecule has 0 aliphatic heterocycles. The molecule has 0 saturated heterocycles. The van der Waals surface area contributed by atoms with Gasteiger partial charge in [-0.15, -0.1) is 0 Å². The SMILES string of the molecule is O=C(NCc1ccc(F)cc1)c1nc(-c2cccc3[nH]ccc23)no1. The van der Waals surface area contributed by atoms with E-state index in [2.05, 4.69) is 20.4 Å². The molecule has 0 bridgehead atoms. The highest BCUT2D eigenvalue weighted by Crippen LogP contribution is 2.25. The van der Waals surface area contributed by atoms with Gasteiger partial charge in [-0.25, -0.2) is 4.39 Å². The van der Waals surface area contributed by atoms with E-state index in [0.29, 0.717) is 5.82 Å². The lowest BCUT2D eigenvalue weighted by Crippen LogP contribution is -2.23. The number of fused-ring (bicyclic) bond motifs is 1. The van der Waals surface area contributed by atoms with Crippen LogP contribution in [-0.4, -0.2) is 21.0 Å². The average Bonchev–Trinajstić information content (AvgIpc) is 3.30. The summed E-state index contributed by atoms with van der Waals surface area (Å²) in [6, 6.07) is 13.5. The third-order valence-electron chi connectivity index (χ3n) is 3.82. The van der Waals surface area contributed by atoms with Crippen LogP contribution in [0.15, 0.2) is 59.3 Å². The molecule has 7 heteroatoms. The van der Waals surface area contributed by atoms with Crippen LogP contribution in [0.4, 0.5) is 4.39 Å². The molecule has 2 heterocycles. The van der Waals surface area contributed by atoms with Gasteiger partial charge in [0.25, 0.3) is 0 Å². The number of H-pyrrole nitrogens is 1. The highest BCUT2D eigenvalue weighted by Gasteiger charge is 2.17. The fraction of sp³-hybridized carbons (Fsp3) is 0.0556. The third kappa shape index (κ3) is 2.99. The number of halogens is 1. The standard InChI is InChI=1S/C18H13FN4O2/c19-12-6-4-11(5-7-12)10-21-17(24)18-22-16(23-25-18)14-2-1-3-15-13(14)8-9-20-15/h1-9,20H,10H2,(H,21,24). The van der Waals surface area contributed by atoms with E-state index >= 15 is 0 Å². The van der Waals surface area contributed by atoms with Gasteiger partial charge in [0, 0.05) is 29.2 Å². The van der Waals surface area contributed by atoms with E-state index in [9.17, 15) is 9.18 Å². The lowest BCUT2D eigenvalue weighted by Gasteiger charge is -2.02. The van der Waals surface area contributed by atoms with Gasteiger partial charge in [-0.3, -0.25) is 4.79 Å². The second-order valence-corrected chi connectivity index (χ2v) is 5.48. The van der Waals surface area contributed by atoms with Crippen molar-refractivity contribution in [3.8, 4) is 11.4 Å². The van der Waals surface area contributed by atoms with E-state index in [0.717, 1.165) is 22.0 Å². The zero-order valence-electron chi connectivity index (χ0n) is 13.0. The Morgan fingerprint density at radius 1 is 1.16 bits per heavy atom. The predicted molar refractivity (Wildman–Crippen MR) is 89.2 cm³/mol. The molecule has 124 valence electrons. The Hall–Kier alpha value is -3.48. The summed E-state index contributed by atoms with van der Waals surface area (Å²) in [5.74, 6) is -0.582. The first kappa shape index (κ1) is 15.1. The van der Waals surface area contributed by atoms with Crippen LogP contribution in [-0.2, 0) is 6.54 Å². The molecular weight excluding hydrogens is 323 g/mol. The Morgan fingerprint density at radius 2 is 2.00 bits per heavy atom. The second kappa shape index (κ2) is 6.20. The number of aromatic nitrogens is 3. The first-order valence-electron chi connectivity index (χ1n) is 7.63. The number of rotatable bonds is 4. The summed E-state index contributed by atoms with van der Waals surface area (Å²) < 4.78 is 17.9. The normalized spacial score (nSPS) is 10.9. The summed E-state index contributed by atoms with van der Waals surface area (Å²) in [6.45, 7) is 0.240. The molecular formula is C18H13FN4O2. The smallest absolute Gasteiger partial charge is 0.316 e. The zero-order valence-corrected chi connectivity index (χ0v) is 13.0. The van der Waals surface area contributed by atoms with Crippen LogP contribution in [0.25, 0.3) is 22.3 Å². The summed E-state index contributed by atoms with van der Waals surface area (Å²) in [6.07, 6.45) is 1.82. The summed E-state index contributed by atoms with van der Waals surface area (Å²) in [7, 11) is 0. The van der Waals surface area contributed by atoms with Crippen molar-refractivity contribution in [2.24, 2.45) is 0 Å². The van der Waals surface area contributed by atoms with Crippen LogP contribution in [0.2, 0.25) is 0 Å². The molecule has 6 nitrogen and oxygen atoms in total. The molecule has 0 radical (unpaired) electrons. The predicted octanol–water partition coefficient (Wildman–Crippen LogP) is 3.29. The molecule has 4 aromatic rings. The lowest BCUT2D eigenvalue weighted by atomic mass is 10.1. The monoisotopic (exact) mass is 336 g/mol. The van der Waals surface area contributed by atoms with Crippen molar-refractivity contribution < 1.29 is 13.7 Å². The fourth-order valence-corrected chi connectivity index (χ4v) is 2.57. The van der Waals surface area contributed by atoms with Gasteiger partial charge in [-0.2, -0.15) is 4.98 Å². The molecule has 25 heavy (non-hydrogen) atoms. The van der Waals surface area contributed by atoms with E-state index < -0.39 is 5.91 Å². The molecule has 0 fully saturated rings. The second-order valence-electron chi connectivity index (χ2n) is 5.48. The molecule has 2 aromatic carbocycles. The third-order valence-corrected chi connectivity index (χ3v) is 3.82. The van der Waals surface area contributed by atoms with Crippen molar-refractivity contribution in [1.29, 1.82) is 0 Å². The number of benzene rings is 2. The maximum Gasteiger partial charge on any atom is 0.316 e. The highest BCUT2D eigenvalue weighted by molar-refractivity contribution is 5.94. The maximum absolute atomic E-state index is 12.9. The molecule has 0 aliphatic carbocycles. The van der Waals surface area contributed by atoms with Crippen LogP contribution in [0, 0.1) is 5.82 Å². The number of nitrogens with one attached hydrogen (secondary N) is 2. The van der Waals surface area contributed by atoms with Gasteiger partial charge < -0.3 is 14.8 Å². The number of carbonyl (C=O) groups excluding carboxylic acids is 1. The van der Waals surface area contributed by atoms with Gasteiger partial charge >= 0.3 is 11.8 Å². The van der Waals surface area contributed by atoms with Crippen LogP contribution in [0.1, 0.15) is 16.2 Å². The lowest BCUT2D eigenvalue weighted by molar-refractivity contribution is 0.0907. The minimum Gasteiger partial charge on any atom is -0.361 e. The Balaban J connectivity index is 1.51. The number of hydrogen-bond acceptors (Lipinski definition) is 4. The number of aromatic amines is 1. The van der Waals surface area contributed by atoms with Gasteiger partial charge in [-0.05, 0) is 29.8 Å². The van der Waals surface area contributed by atoms with Gasteiger partial charge in [0.1, 0.15) is 5.82 Å². The van der Waals surface area contributed by atoms with Crippen LogP contribution < -0.4 is 5.32 Å². The zero-order chi connectivity index (χ0) is 17.2. The molecule has 0 spiro atoms. The first-order chi connectivity index (χ1) is 12.2. The fourth-order valence-electron chi connectivity index (χ4n) is 2.57. The molecule has 2 N–H and O–H groups in total. The summed E-state index contributed by atoms with van der Waals surface area (Å²) in [5, 5.41) is 7.51. The minimum absolute atomic E-state index is 0.121. The number of nitrogens with zero attached hydrogens (tertiary/aromatic N) is 2. The average molecular weight is 336 g/mol. The van der Waals surface area contributed by atoms with Crippen molar-refractivity contribution in [2.75, 3.05) is 0 Å². The molecule has 4 rings (SSSR count). The minimum atomic E-state index is -0.482. The van der Waals surface area contributed by atoms with Crippen molar-refractivity contribution in [3.63, 3.8) is 0 Å². The molecule has 0 aliphatic rings. The van der Waals surface area contributed by atoms with Crippen LogP contribution in [0.3, 0.4) is 0 Å². The summed E-state index contributed by atoms with van der Waals surface area (Å²) >= 11 is 0. The van der Waals surface area contributed by atoms with E-state index in [4.69, 9.17) is 4.52 Å². The molecule has 1 amide bonds. The maximum atomic E-state index is 12.9. The van der Waals surface area contributed by atoms with E-state index in [1.807, 2.05) is 30.5 Å². The molecule has 2 aromatic heterocycles.